The van der Waals surface area contributed by atoms with Gasteiger partial charge in [-0.1, -0.05) is 29.8 Å². The van der Waals surface area contributed by atoms with E-state index in [0.29, 0.717) is 11.0 Å². The van der Waals surface area contributed by atoms with Crippen molar-refractivity contribution in [2.75, 3.05) is 20.2 Å². The number of rotatable bonds is 7. The van der Waals surface area contributed by atoms with Crippen LogP contribution in [0.5, 0.6) is 0 Å². The van der Waals surface area contributed by atoms with Gasteiger partial charge in [0.25, 0.3) is 0 Å². The summed E-state index contributed by atoms with van der Waals surface area (Å²) in [5.41, 5.74) is 2.02. The highest BCUT2D eigenvalue weighted by Gasteiger charge is 2.24. The number of aliphatic hydroxyl groups is 1. The Morgan fingerprint density at radius 2 is 1.90 bits per heavy atom. The molecule has 2 aromatic carbocycles. The van der Waals surface area contributed by atoms with Crippen LogP contribution in [0.15, 0.2) is 59.2 Å². The first-order valence-corrected chi connectivity index (χ1v) is 10.6. The summed E-state index contributed by atoms with van der Waals surface area (Å²) >= 11 is 0. The lowest BCUT2D eigenvalue weighted by molar-refractivity contribution is -0.143. The number of carbonyl (C=O) groups is 1. The quantitative estimate of drug-likeness (QED) is 0.327. The zero-order valence-corrected chi connectivity index (χ0v) is 17.7. The van der Waals surface area contributed by atoms with Gasteiger partial charge in [0.2, 0.25) is 10.0 Å². The number of hydrogen-bond acceptors (Lipinski definition) is 7. The van der Waals surface area contributed by atoms with Crippen LogP contribution in [0.4, 0.5) is 0 Å². The fourth-order valence-electron chi connectivity index (χ4n) is 2.75. The van der Waals surface area contributed by atoms with Crippen molar-refractivity contribution in [3.8, 4) is 6.07 Å². The van der Waals surface area contributed by atoms with Gasteiger partial charge in [0, 0.05) is 7.05 Å². The molecule has 0 aliphatic carbocycles. The molecular weight excluding hydrogens is 420 g/mol. The van der Waals surface area contributed by atoms with Crippen LogP contribution in [-0.2, 0) is 19.6 Å². The summed E-state index contributed by atoms with van der Waals surface area (Å²) in [5, 5.41) is 19.6. The number of aromatic amines is 1. The fraction of sp³-hybridized carbons (Fsp3) is 0.190. The maximum Gasteiger partial charge on any atom is 0.321 e. The first-order valence-electron chi connectivity index (χ1n) is 9.18. The molecule has 2 N–H and O–H groups in total. The number of sulfonamides is 1. The number of aromatic nitrogens is 2. The molecule has 0 saturated carbocycles. The van der Waals surface area contributed by atoms with Crippen molar-refractivity contribution < 1.29 is 23.1 Å². The monoisotopic (exact) mass is 440 g/mol. The third-order valence-electron chi connectivity index (χ3n) is 4.48. The summed E-state index contributed by atoms with van der Waals surface area (Å²) < 4.78 is 30.9. The zero-order chi connectivity index (χ0) is 22.6. The van der Waals surface area contributed by atoms with Crippen molar-refractivity contribution in [1.82, 2.24) is 14.3 Å². The summed E-state index contributed by atoms with van der Waals surface area (Å²) in [6, 6.07) is 15.1. The Bertz CT molecular complexity index is 1250. The average molecular weight is 440 g/mol. The van der Waals surface area contributed by atoms with E-state index < -0.39 is 34.9 Å². The molecule has 0 aliphatic heterocycles. The number of para-hydroxylation sites is 2. The van der Waals surface area contributed by atoms with Crippen LogP contribution in [-0.4, -0.2) is 54.0 Å². The predicted molar refractivity (Wildman–Crippen MR) is 113 cm³/mol. The predicted octanol–water partition coefficient (Wildman–Crippen LogP) is 2.53. The molecule has 0 spiro atoms. The molecule has 10 heteroatoms. The van der Waals surface area contributed by atoms with Gasteiger partial charge in [-0.05, 0) is 31.2 Å². The lowest BCUT2D eigenvalue weighted by Crippen LogP contribution is -2.33. The first kappa shape index (κ1) is 22.0. The zero-order valence-electron chi connectivity index (χ0n) is 16.9. The highest BCUT2D eigenvalue weighted by atomic mass is 32.2. The van der Waals surface area contributed by atoms with Crippen LogP contribution in [0.1, 0.15) is 11.4 Å². The van der Waals surface area contributed by atoms with Crippen LogP contribution in [0, 0.1) is 18.3 Å². The van der Waals surface area contributed by atoms with Gasteiger partial charge in [0.15, 0.2) is 11.6 Å². The number of imidazole rings is 1. The number of nitriles is 1. The molecule has 0 atom stereocenters. The third kappa shape index (κ3) is 4.91. The number of allylic oxidation sites excluding steroid dienone is 1. The second kappa shape index (κ2) is 8.99. The van der Waals surface area contributed by atoms with E-state index in [1.165, 1.54) is 19.2 Å². The Labute approximate surface area is 179 Å². The number of hydrogen-bond donors (Lipinski definition) is 2. The Morgan fingerprint density at radius 1 is 1.23 bits per heavy atom. The maximum atomic E-state index is 12.5. The number of carbonyl (C=O) groups excluding carboxylic acids is 1. The van der Waals surface area contributed by atoms with E-state index >= 15 is 0 Å². The molecule has 0 fully saturated rings. The number of benzene rings is 2. The molecule has 0 unspecified atom stereocenters. The topological polar surface area (TPSA) is 136 Å². The van der Waals surface area contributed by atoms with Crippen molar-refractivity contribution in [3.05, 3.63) is 65.7 Å². The Hall–Kier alpha value is -3.68. The minimum atomic E-state index is -3.88. The molecule has 9 nitrogen and oxygen atoms in total. The van der Waals surface area contributed by atoms with Gasteiger partial charge in [-0.2, -0.15) is 9.57 Å². The van der Waals surface area contributed by atoms with Gasteiger partial charge >= 0.3 is 5.97 Å². The summed E-state index contributed by atoms with van der Waals surface area (Å²) in [5.74, 6) is -1.25. The Morgan fingerprint density at radius 3 is 2.55 bits per heavy atom. The molecule has 1 heterocycles. The number of nitrogens with zero attached hydrogens (tertiary/aromatic N) is 3. The maximum absolute atomic E-state index is 12.5. The van der Waals surface area contributed by atoms with Crippen molar-refractivity contribution in [1.29, 1.82) is 5.26 Å². The third-order valence-corrected chi connectivity index (χ3v) is 6.29. The largest absolute Gasteiger partial charge is 0.507 e. The standard InChI is InChI=1S/C21H20N4O5S/c1-14-7-9-15(10-8-14)31(28,29)25(2)12-20(27)30-13-19(26)16(11-22)21-23-17-5-3-4-6-18(17)24-21/h3-10,26H,12-13H2,1-2H3,(H,23,24). The summed E-state index contributed by atoms with van der Waals surface area (Å²) in [7, 11) is -2.63. The molecule has 0 saturated heterocycles. The van der Waals surface area contributed by atoms with Gasteiger partial charge in [0.05, 0.1) is 15.9 Å². The molecule has 0 aliphatic rings. The van der Waals surface area contributed by atoms with Crippen LogP contribution in [0.3, 0.4) is 0 Å². The van der Waals surface area contributed by atoms with E-state index in [-0.39, 0.29) is 16.3 Å². The fourth-order valence-corrected chi connectivity index (χ4v) is 3.86. The van der Waals surface area contributed by atoms with Gasteiger partial charge in [-0.25, -0.2) is 13.4 Å². The minimum Gasteiger partial charge on any atom is -0.507 e. The minimum absolute atomic E-state index is 0.0489. The molecule has 31 heavy (non-hydrogen) atoms. The molecule has 1 aromatic heterocycles. The smallest absolute Gasteiger partial charge is 0.321 e. The van der Waals surface area contributed by atoms with Gasteiger partial charge in [-0.3, -0.25) is 4.79 Å². The molecule has 0 radical (unpaired) electrons. The average Bonchev–Trinajstić information content (AvgIpc) is 3.16. The van der Waals surface area contributed by atoms with E-state index in [1.54, 1.807) is 36.4 Å². The lowest BCUT2D eigenvalue weighted by atomic mass is 10.2. The number of fused-ring (bicyclic) bond motifs is 1. The summed E-state index contributed by atoms with van der Waals surface area (Å²) in [4.78, 5) is 19.3. The summed E-state index contributed by atoms with van der Waals surface area (Å²) in [6.45, 7) is 0.672. The number of nitrogens with one attached hydrogen (secondary N) is 1. The highest BCUT2D eigenvalue weighted by molar-refractivity contribution is 7.89. The van der Waals surface area contributed by atoms with E-state index in [4.69, 9.17) is 4.74 Å². The van der Waals surface area contributed by atoms with Gasteiger partial charge in [-0.15, -0.1) is 0 Å². The van der Waals surface area contributed by atoms with Gasteiger partial charge in [0.1, 0.15) is 24.8 Å². The number of aryl methyl sites for hydroxylation is 1. The van der Waals surface area contributed by atoms with Crippen molar-refractivity contribution in [2.24, 2.45) is 0 Å². The van der Waals surface area contributed by atoms with Crippen LogP contribution in [0.25, 0.3) is 16.6 Å². The van der Waals surface area contributed by atoms with Crippen molar-refractivity contribution >= 4 is 32.6 Å². The van der Waals surface area contributed by atoms with E-state index in [0.717, 1.165) is 9.87 Å². The Kier molecular flexibility index (Phi) is 6.39. The first-order chi connectivity index (χ1) is 14.7. The number of ether oxygens (including phenoxy) is 1. The molecule has 0 amide bonds. The summed E-state index contributed by atoms with van der Waals surface area (Å²) in [6.07, 6.45) is 0. The molecular formula is C21H20N4O5S. The molecule has 3 rings (SSSR count). The number of likely N-dealkylation sites (N-methyl/N-ethyl adjacent to an activating group) is 1. The number of aliphatic hydroxyl groups excluding tert-OH is 1. The van der Waals surface area contributed by atoms with Gasteiger partial charge < -0.3 is 14.8 Å². The molecule has 0 bridgehead atoms. The number of H-pyrrole nitrogens is 1. The van der Waals surface area contributed by atoms with E-state index in [2.05, 4.69) is 9.97 Å². The van der Waals surface area contributed by atoms with Crippen LogP contribution in [0.2, 0.25) is 0 Å². The second-order valence-electron chi connectivity index (χ2n) is 6.77. The second-order valence-corrected chi connectivity index (χ2v) is 8.82. The molecule has 160 valence electrons. The Balaban J connectivity index is 1.67. The van der Waals surface area contributed by atoms with Crippen molar-refractivity contribution in [2.45, 2.75) is 11.8 Å². The molecule has 3 aromatic rings. The number of esters is 1. The van der Waals surface area contributed by atoms with Crippen LogP contribution >= 0.6 is 0 Å². The SMILES string of the molecule is Cc1ccc(S(=O)(=O)N(C)CC(=O)OCC(O)=C(C#N)c2nc3ccccc3[nH]2)cc1. The lowest BCUT2D eigenvalue weighted by Gasteiger charge is -2.16. The van der Waals surface area contributed by atoms with Crippen LogP contribution < -0.4 is 0 Å². The highest BCUT2D eigenvalue weighted by Crippen LogP contribution is 2.19. The van der Waals surface area contributed by atoms with Crippen molar-refractivity contribution in [3.63, 3.8) is 0 Å². The van der Waals surface area contributed by atoms with E-state index in [1.807, 2.05) is 13.0 Å². The van der Waals surface area contributed by atoms with E-state index in [9.17, 15) is 23.6 Å². The normalized spacial score (nSPS) is 12.5.